The molecule has 1 heterocycles. The average molecular weight is 291 g/mol. The molecule has 0 aromatic rings. The third-order valence-corrected chi connectivity index (χ3v) is 4.43. The number of rotatable bonds is 5. The maximum Gasteiger partial charge on any atom is 0.220 e. The van der Waals surface area contributed by atoms with Crippen LogP contribution in [-0.4, -0.2) is 31.7 Å². The van der Waals surface area contributed by atoms with E-state index < -0.39 is 0 Å². The average Bonchev–Trinajstić information content (AvgIpc) is 2.91. The Morgan fingerprint density at radius 3 is 2.58 bits per heavy atom. The molecule has 1 aliphatic carbocycles. The van der Waals surface area contributed by atoms with Crippen LogP contribution in [0.4, 0.5) is 0 Å². The van der Waals surface area contributed by atoms with Crippen LogP contribution in [0.5, 0.6) is 0 Å². The predicted octanol–water partition coefficient (Wildman–Crippen LogP) is 2.00. The molecule has 1 amide bonds. The number of hydrogen-bond acceptors (Lipinski definition) is 3. The molecular weight excluding hydrogens is 264 g/mol. The first-order valence-corrected chi connectivity index (χ1v) is 7.32. The number of carbonyl (C=O) groups excluding carboxylic acids is 1. The van der Waals surface area contributed by atoms with Gasteiger partial charge in [0.25, 0.3) is 0 Å². The van der Waals surface area contributed by atoms with E-state index in [1.807, 2.05) is 0 Å². The van der Waals surface area contributed by atoms with Gasteiger partial charge in [-0.3, -0.25) is 4.79 Å². The normalized spacial score (nSPS) is 25.6. The number of ether oxygens (including phenoxy) is 1. The largest absolute Gasteiger partial charge is 0.376 e. The fourth-order valence-corrected chi connectivity index (χ4v) is 3.19. The molecule has 3 N–H and O–H groups in total. The lowest BCUT2D eigenvalue weighted by Gasteiger charge is -2.35. The number of halogens is 1. The number of carbonyl (C=O) groups is 1. The van der Waals surface area contributed by atoms with Gasteiger partial charge in [-0.15, -0.1) is 12.4 Å². The Morgan fingerprint density at radius 2 is 2.00 bits per heavy atom. The van der Waals surface area contributed by atoms with Gasteiger partial charge in [0.1, 0.15) is 0 Å². The summed E-state index contributed by atoms with van der Waals surface area (Å²) in [6.45, 7) is 2.15. The Hall–Kier alpha value is -0.320. The van der Waals surface area contributed by atoms with E-state index >= 15 is 0 Å². The Labute approximate surface area is 122 Å². The summed E-state index contributed by atoms with van der Waals surface area (Å²) in [6.07, 6.45) is 8.96. The summed E-state index contributed by atoms with van der Waals surface area (Å²) in [5.74, 6) is 0.151. The molecule has 1 aliphatic heterocycles. The lowest BCUT2D eigenvalue weighted by atomic mass is 9.71. The summed E-state index contributed by atoms with van der Waals surface area (Å²) in [5.41, 5.74) is 5.97. The second-order valence-corrected chi connectivity index (χ2v) is 5.88. The first-order chi connectivity index (χ1) is 8.74. The maximum absolute atomic E-state index is 12.0. The zero-order chi connectivity index (χ0) is 12.8. The van der Waals surface area contributed by atoms with Crippen molar-refractivity contribution in [3.8, 4) is 0 Å². The SMILES string of the molecule is Cl.NCC1(CC(=O)NCC2CCCO2)CCCCC1. The topological polar surface area (TPSA) is 64.4 Å². The maximum atomic E-state index is 12.0. The number of nitrogens with two attached hydrogens (primary N) is 1. The molecule has 1 unspecified atom stereocenters. The van der Waals surface area contributed by atoms with Crippen LogP contribution in [0.25, 0.3) is 0 Å². The first-order valence-electron chi connectivity index (χ1n) is 7.32. The second kappa shape index (κ2) is 8.08. The molecule has 19 heavy (non-hydrogen) atoms. The minimum Gasteiger partial charge on any atom is -0.376 e. The van der Waals surface area contributed by atoms with Gasteiger partial charge >= 0.3 is 0 Å². The summed E-state index contributed by atoms with van der Waals surface area (Å²) in [4.78, 5) is 12.0. The first kappa shape index (κ1) is 16.7. The zero-order valence-electron chi connectivity index (χ0n) is 11.7. The molecule has 0 bridgehead atoms. The molecule has 1 atom stereocenters. The highest BCUT2D eigenvalue weighted by atomic mass is 35.5. The standard InChI is InChI=1S/C14H26N2O2.ClH/c15-11-14(6-2-1-3-7-14)9-13(17)16-10-12-5-4-8-18-12;/h12H,1-11,15H2,(H,16,17);1H. The molecule has 0 radical (unpaired) electrons. The Bertz CT molecular complexity index is 275. The van der Waals surface area contributed by atoms with Crippen LogP contribution in [0.1, 0.15) is 51.4 Å². The number of amides is 1. The molecule has 1 saturated heterocycles. The van der Waals surface area contributed by atoms with Crippen molar-refractivity contribution < 1.29 is 9.53 Å². The fourth-order valence-electron chi connectivity index (χ4n) is 3.19. The molecular formula is C14H27ClN2O2. The Balaban J connectivity index is 0.00000180. The third-order valence-electron chi connectivity index (χ3n) is 4.43. The van der Waals surface area contributed by atoms with Crippen molar-refractivity contribution in [2.24, 2.45) is 11.1 Å². The van der Waals surface area contributed by atoms with Gasteiger partial charge in [0, 0.05) is 19.6 Å². The molecule has 1 saturated carbocycles. The van der Waals surface area contributed by atoms with Crippen molar-refractivity contribution in [1.82, 2.24) is 5.32 Å². The van der Waals surface area contributed by atoms with E-state index in [9.17, 15) is 4.79 Å². The summed E-state index contributed by atoms with van der Waals surface area (Å²) in [5, 5.41) is 3.01. The molecule has 2 aliphatic rings. The minimum atomic E-state index is 0. The Kier molecular flexibility index (Phi) is 7.11. The lowest BCUT2D eigenvalue weighted by molar-refractivity contribution is -0.124. The van der Waals surface area contributed by atoms with Gasteiger partial charge < -0.3 is 15.8 Å². The van der Waals surface area contributed by atoms with Crippen molar-refractivity contribution in [2.45, 2.75) is 57.5 Å². The minimum absolute atomic E-state index is 0. The van der Waals surface area contributed by atoms with Crippen LogP contribution in [0, 0.1) is 5.41 Å². The van der Waals surface area contributed by atoms with Gasteiger partial charge in [-0.25, -0.2) is 0 Å². The highest BCUT2D eigenvalue weighted by Gasteiger charge is 2.33. The van der Waals surface area contributed by atoms with E-state index in [1.54, 1.807) is 0 Å². The summed E-state index contributed by atoms with van der Waals surface area (Å²) in [6, 6.07) is 0. The molecule has 2 fully saturated rings. The summed E-state index contributed by atoms with van der Waals surface area (Å²) >= 11 is 0. The van der Waals surface area contributed by atoms with E-state index in [4.69, 9.17) is 10.5 Å². The molecule has 2 rings (SSSR count). The van der Waals surface area contributed by atoms with E-state index in [1.165, 1.54) is 19.3 Å². The van der Waals surface area contributed by atoms with Gasteiger partial charge in [-0.2, -0.15) is 0 Å². The predicted molar refractivity (Wildman–Crippen MR) is 78.4 cm³/mol. The number of hydrogen-bond donors (Lipinski definition) is 2. The quantitative estimate of drug-likeness (QED) is 0.814. The zero-order valence-corrected chi connectivity index (χ0v) is 12.5. The van der Waals surface area contributed by atoms with E-state index in [0.717, 1.165) is 32.3 Å². The lowest BCUT2D eigenvalue weighted by Crippen LogP contribution is -2.40. The van der Waals surface area contributed by atoms with Crippen LogP contribution in [0.3, 0.4) is 0 Å². The number of nitrogens with one attached hydrogen (secondary N) is 1. The van der Waals surface area contributed by atoms with Crippen molar-refractivity contribution >= 4 is 18.3 Å². The van der Waals surface area contributed by atoms with Crippen molar-refractivity contribution in [2.75, 3.05) is 19.7 Å². The van der Waals surface area contributed by atoms with E-state index in [0.29, 0.717) is 19.5 Å². The van der Waals surface area contributed by atoms with Crippen LogP contribution in [0.15, 0.2) is 0 Å². The summed E-state index contributed by atoms with van der Waals surface area (Å²) < 4.78 is 5.51. The van der Waals surface area contributed by atoms with Crippen LogP contribution in [-0.2, 0) is 9.53 Å². The molecule has 0 aromatic heterocycles. The highest BCUT2D eigenvalue weighted by molar-refractivity contribution is 5.85. The molecule has 4 nitrogen and oxygen atoms in total. The van der Waals surface area contributed by atoms with Gasteiger partial charge in [-0.05, 0) is 37.6 Å². The van der Waals surface area contributed by atoms with E-state index in [-0.39, 0.29) is 29.8 Å². The van der Waals surface area contributed by atoms with Crippen molar-refractivity contribution in [3.63, 3.8) is 0 Å². The van der Waals surface area contributed by atoms with Crippen LogP contribution < -0.4 is 11.1 Å². The highest BCUT2D eigenvalue weighted by Crippen LogP contribution is 2.38. The summed E-state index contributed by atoms with van der Waals surface area (Å²) in [7, 11) is 0. The monoisotopic (exact) mass is 290 g/mol. The third kappa shape index (κ3) is 4.93. The Morgan fingerprint density at radius 1 is 1.26 bits per heavy atom. The molecule has 0 aromatic carbocycles. The fraction of sp³-hybridized carbons (Fsp3) is 0.929. The van der Waals surface area contributed by atoms with Gasteiger partial charge in [0.2, 0.25) is 5.91 Å². The van der Waals surface area contributed by atoms with Crippen LogP contribution >= 0.6 is 12.4 Å². The molecule has 0 spiro atoms. The van der Waals surface area contributed by atoms with Gasteiger partial charge in [0.05, 0.1) is 6.10 Å². The van der Waals surface area contributed by atoms with E-state index in [2.05, 4.69) is 5.32 Å². The second-order valence-electron chi connectivity index (χ2n) is 5.88. The van der Waals surface area contributed by atoms with Crippen LogP contribution in [0.2, 0.25) is 0 Å². The van der Waals surface area contributed by atoms with Crippen molar-refractivity contribution in [1.29, 1.82) is 0 Å². The van der Waals surface area contributed by atoms with Crippen molar-refractivity contribution in [3.05, 3.63) is 0 Å². The van der Waals surface area contributed by atoms with Gasteiger partial charge in [0.15, 0.2) is 0 Å². The smallest absolute Gasteiger partial charge is 0.220 e. The van der Waals surface area contributed by atoms with Gasteiger partial charge in [-0.1, -0.05) is 19.3 Å². The molecule has 5 heteroatoms. The molecule has 112 valence electrons.